The zero-order valence-corrected chi connectivity index (χ0v) is 15.8. The fourth-order valence-electron chi connectivity index (χ4n) is 2.56. The van der Waals surface area contributed by atoms with Crippen LogP contribution in [-0.4, -0.2) is 50.6 Å². The molecule has 0 spiro atoms. The maximum Gasteiger partial charge on any atom is 0.332 e. The lowest BCUT2D eigenvalue weighted by atomic mass is 10.1. The fraction of sp³-hybridized carbons (Fsp3) is 0.579. The van der Waals surface area contributed by atoms with E-state index in [-0.39, 0.29) is 18.5 Å². The second-order valence-electron chi connectivity index (χ2n) is 6.05. The third kappa shape index (κ3) is 7.74. The number of carboxylic acid groups (broad SMARTS) is 1. The first-order valence-corrected chi connectivity index (χ1v) is 8.56. The summed E-state index contributed by atoms with van der Waals surface area (Å²) in [5.41, 5.74) is 0.753. The number of rotatable bonds is 12. The highest BCUT2D eigenvalue weighted by Crippen LogP contribution is 2.23. The molecule has 0 aliphatic rings. The summed E-state index contributed by atoms with van der Waals surface area (Å²) in [6, 6.07) is 5.28. The second-order valence-corrected chi connectivity index (χ2v) is 6.05. The Balaban J connectivity index is 2.39. The van der Waals surface area contributed by atoms with Gasteiger partial charge in [0.2, 0.25) is 0 Å². The molecule has 0 radical (unpaired) electrons. The van der Waals surface area contributed by atoms with Crippen molar-refractivity contribution >= 4 is 11.9 Å². The molecule has 7 heteroatoms. The van der Waals surface area contributed by atoms with Gasteiger partial charge < -0.3 is 24.1 Å². The molecule has 1 aromatic rings. The van der Waals surface area contributed by atoms with Crippen LogP contribution >= 0.6 is 0 Å². The summed E-state index contributed by atoms with van der Waals surface area (Å²) in [7, 11) is 4.49. The molecule has 146 valence electrons. The molecule has 7 nitrogen and oxygen atoms in total. The van der Waals surface area contributed by atoms with Gasteiger partial charge in [-0.2, -0.15) is 0 Å². The average molecular weight is 368 g/mol. The van der Waals surface area contributed by atoms with Gasteiger partial charge in [-0.1, -0.05) is 6.42 Å². The number of aliphatic carboxylic acids is 1. The smallest absolute Gasteiger partial charge is 0.332 e. The van der Waals surface area contributed by atoms with Crippen molar-refractivity contribution in [1.82, 2.24) is 0 Å². The van der Waals surface area contributed by atoms with Crippen molar-refractivity contribution in [3.63, 3.8) is 0 Å². The molecule has 0 amide bonds. The first-order chi connectivity index (χ1) is 12.4. The summed E-state index contributed by atoms with van der Waals surface area (Å²) in [6.07, 6.45) is 1.67. The first-order valence-electron chi connectivity index (χ1n) is 8.56. The third-order valence-electron chi connectivity index (χ3n) is 3.98. The Morgan fingerprint density at radius 2 is 1.58 bits per heavy atom. The number of carboxylic acids is 1. The molecule has 1 rings (SSSR count). The molecule has 2 atom stereocenters. The number of methoxy groups -OCH3 is 3. The van der Waals surface area contributed by atoms with Gasteiger partial charge in [0.05, 0.1) is 26.7 Å². The van der Waals surface area contributed by atoms with Gasteiger partial charge in [-0.25, -0.2) is 4.79 Å². The van der Waals surface area contributed by atoms with E-state index in [0.29, 0.717) is 30.8 Å². The van der Waals surface area contributed by atoms with Crippen LogP contribution in [0.3, 0.4) is 0 Å². The van der Waals surface area contributed by atoms with Gasteiger partial charge in [0.1, 0.15) is 11.5 Å². The van der Waals surface area contributed by atoms with E-state index in [2.05, 4.69) is 0 Å². The van der Waals surface area contributed by atoms with Crippen LogP contribution in [0.1, 0.15) is 38.2 Å². The van der Waals surface area contributed by atoms with Crippen molar-refractivity contribution in [1.29, 1.82) is 0 Å². The molecule has 0 bridgehead atoms. The quantitative estimate of drug-likeness (QED) is 0.448. The number of hydrogen-bond acceptors (Lipinski definition) is 6. The zero-order valence-electron chi connectivity index (χ0n) is 15.8. The average Bonchev–Trinajstić information content (AvgIpc) is 2.60. The minimum absolute atomic E-state index is 0.128. The van der Waals surface area contributed by atoms with Gasteiger partial charge in [-0.3, -0.25) is 4.79 Å². The Hall–Kier alpha value is -2.28. The van der Waals surface area contributed by atoms with E-state index in [1.807, 2.05) is 6.92 Å². The van der Waals surface area contributed by atoms with Gasteiger partial charge in [0.15, 0.2) is 6.10 Å². The summed E-state index contributed by atoms with van der Waals surface area (Å²) in [5.74, 6) is -0.0496. The molecule has 0 fully saturated rings. The van der Waals surface area contributed by atoms with Crippen LogP contribution in [0.25, 0.3) is 0 Å². The largest absolute Gasteiger partial charge is 0.497 e. The SMILES string of the molecule is COc1cc(CC(=O)O[C@@H](C)CCCC[C@H](OC)C(=O)O)cc(OC)c1. The molecule has 26 heavy (non-hydrogen) atoms. The lowest BCUT2D eigenvalue weighted by molar-refractivity contribution is -0.148. The van der Waals surface area contributed by atoms with Crippen LogP contribution in [-0.2, 0) is 25.5 Å². The summed E-state index contributed by atoms with van der Waals surface area (Å²) in [5, 5.41) is 8.90. The Kier molecular flexibility index (Phi) is 9.51. The summed E-state index contributed by atoms with van der Waals surface area (Å²) < 4.78 is 20.7. The molecule has 0 unspecified atom stereocenters. The molecule has 0 saturated carbocycles. The van der Waals surface area contributed by atoms with E-state index in [1.54, 1.807) is 32.4 Å². The summed E-state index contributed by atoms with van der Waals surface area (Å²) in [6.45, 7) is 1.83. The van der Waals surface area contributed by atoms with Crippen LogP contribution in [0, 0.1) is 0 Å². The van der Waals surface area contributed by atoms with Crippen LogP contribution in [0.5, 0.6) is 11.5 Å². The lowest BCUT2D eigenvalue weighted by Crippen LogP contribution is -2.22. The number of carbonyl (C=O) groups excluding carboxylic acids is 1. The first kappa shape index (κ1) is 21.8. The Labute approximate surface area is 154 Å². The van der Waals surface area contributed by atoms with Crippen molar-refractivity contribution in [3.8, 4) is 11.5 Å². The van der Waals surface area contributed by atoms with E-state index in [0.717, 1.165) is 12.0 Å². The van der Waals surface area contributed by atoms with Crippen LogP contribution in [0.15, 0.2) is 18.2 Å². The number of esters is 1. The number of carbonyl (C=O) groups is 2. The van der Waals surface area contributed by atoms with Crippen molar-refractivity contribution in [2.45, 2.75) is 51.2 Å². The minimum atomic E-state index is -0.958. The Morgan fingerprint density at radius 1 is 1.00 bits per heavy atom. The van der Waals surface area contributed by atoms with Gasteiger partial charge in [0, 0.05) is 13.2 Å². The van der Waals surface area contributed by atoms with E-state index in [1.165, 1.54) is 7.11 Å². The standard InChI is InChI=1S/C19H28O7/c1-13(7-5-6-8-17(25-4)19(21)22)26-18(20)11-14-9-15(23-2)12-16(10-14)24-3/h9-10,12-13,17H,5-8,11H2,1-4H3,(H,21,22)/t13-,17-/m0/s1. The Morgan fingerprint density at radius 3 is 2.08 bits per heavy atom. The zero-order chi connectivity index (χ0) is 19.5. The molecule has 0 aromatic heterocycles. The maximum absolute atomic E-state index is 12.1. The highest BCUT2D eigenvalue weighted by Gasteiger charge is 2.16. The molecule has 0 aliphatic carbocycles. The van der Waals surface area contributed by atoms with Crippen molar-refractivity contribution in [2.24, 2.45) is 0 Å². The van der Waals surface area contributed by atoms with E-state index in [9.17, 15) is 9.59 Å². The summed E-state index contributed by atoms with van der Waals surface area (Å²) >= 11 is 0. The minimum Gasteiger partial charge on any atom is -0.497 e. The molecule has 0 saturated heterocycles. The lowest BCUT2D eigenvalue weighted by Gasteiger charge is -2.15. The van der Waals surface area contributed by atoms with E-state index >= 15 is 0 Å². The predicted molar refractivity (Wildman–Crippen MR) is 95.7 cm³/mol. The third-order valence-corrected chi connectivity index (χ3v) is 3.98. The van der Waals surface area contributed by atoms with Crippen molar-refractivity contribution < 1.29 is 33.6 Å². The van der Waals surface area contributed by atoms with Crippen LogP contribution in [0.2, 0.25) is 0 Å². The van der Waals surface area contributed by atoms with E-state index in [4.69, 9.17) is 24.1 Å². The molecule has 0 heterocycles. The molecule has 1 N–H and O–H groups in total. The summed E-state index contributed by atoms with van der Waals surface area (Å²) in [4.78, 5) is 23.0. The van der Waals surface area contributed by atoms with Gasteiger partial charge in [-0.15, -0.1) is 0 Å². The normalized spacial score (nSPS) is 12.9. The second kappa shape index (κ2) is 11.4. The predicted octanol–water partition coefficient (Wildman–Crippen LogP) is 2.84. The topological polar surface area (TPSA) is 91.3 Å². The highest BCUT2D eigenvalue weighted by atomic mass is 16.5. The highest BCUT2D eigenvalue weighted by molar-refractivity contribution is 5.73. The van der Waals surface area contributed by atoms with Gasteiger partial charge >= 0.3 is 11.9 Å². The van der Waals surface area contributed by atoms with Crippen LogP contribution < -0.4 is 9.47 Å². The number of ether oxygens (including phenoxy) is 4. The molecular formula is C19H28O7. The fourth-order valence-corrected chi connectivity index (χ4v) is 2.56. The number of hydrogen-bond donors (Lipinski definition) is 1. The van der Waals surface area contributed by atoms with Crippen LogP contribution in [0.4, 0.5) is 0 Å². The Bertz CT molecular complexity index is 563. The maximum atomic E-state index is 12.1. The number of unbranched alkanes of at least 4 members (excludes halogenated alkanes) is 1. The molecule has 1 aromatic carbocycles. The molecule has 0 aliphatic heterocycles. The molecular weight excluding hydrogens is 340 g/mol. The van der Waals surface area contributed by atoms with Crippen molar-refractivity contribution in [3.05, 3.63) is 23.8 Å². The number of benzene rings is 1. The monoisotopic (exact) mass is 368 g/mol. The van der Waals surface area contributed by atoms with Gasteiger partial charge in [-0.05, 0) is 43.9 Å². The van der Waals surface area contributed by atoms with Gasteiger partial charge in [0.25, 0.3) is 0 Å². The van der Waals surface area contributed by atoms with E-state index < -0.39 is 12.1 Å². The van der Waals surface area contributed by atoms with Crippen molar-refractivity contribution in [2.75, 3.05) is 21.3 Å².